The second-order valence-electron chi connectivity index (χ2n) is 6.65. The van der Waals surface area contributed by atoms with Gasteiger partial charge >= 0.3 is 0 Å². The fourth-order valence-electron chi connectivity index (χ4n) is 2.93. The van der Waals surface area contributed by atoms with Crippen LogP contribution in [0.4, 0.5) is 0 Å². The zero-order valence-electron chi connectivity index (χ0n) is 12.5. The molecule has 2 rings (SSSR count). The van der Waals surface area contributed by atoms with Gasteiger partial charge in [-0.15, -0.1) is 0 Å². The van der Waals surface area contributed by atoms with E-state index in [1.807, 2.05) is 0 Å². The molecule has 19 heavy (non-hydrogen) atoms. The average Bonchev–Trinajstić information content (AvgIpc) is 2.85. The summed E-state index contributed by atoms with van der Waals surface area (Å²) in [6.45, 7) is 7.43. The van der Waals surface area contributed by atoms with Crippen LogP contribution in [0, 0.1) is 5.41 Å². The molecule has 0 bridgehead atoms. The highest BCUT2D eigenvalue weighted by molar-refractivity contribution is 5.02. The van der Waals surface area contributed by atoms with Crippen molar-refractivity contribution in [2.75, 3.05) is 6.54 Å². The summed E-state index contributed by atoms with van der Waals surface area (Å²) >= 11 is 0. The van der Waals surface area contributed by atoms with Crippen molar-refractivity contribution in [1.29, 1.82) is 0 Å². The van der Waals surface area contributed by atoms with Crippen molar-refractivity contribution in [2.45, 2.75) is 71.1 Å². The largest absolute Gasteiger partial charge is 0.339 e. The van der Waals surface area contributed by atoms with Gasteiger partial charge in [-0.1, -0.05) is 32.3 Å². The van der Waals surface area contributed by atoms with Gasteiger partial charge in [0.05, 0.1) is 5.92 Å². The maximum Gasteiger partial charge on any atom is 0.231 e. The molecule has 0 amide bonds. The van der Waals surface area contributed by atoms with Crippen LogP contribution < -0.4 is 5.73 Å². The zero-order valence-corrected chi connectivity index (χ0v) is 12.5. The minimum absolute atomic E-state index is 0.228. The topological polar surface area (TPSA) is 64.9 Å². The van der Waals surface area contributed by atoms with Crippen LogP contribution in [0.5, 0.6) is 0 Å². The van der Waals surface area contributed by atoms with E-state index in [0.717, 1.165) is 24.6 Å². The van der Waals surface area contributed by atoms with Crippen LogP contribution in [0.1, 0.15) is 82.8 Å². The molecule has 0 saturated heterocycles. The SMILES string of the molecule is CCCC(CN)c1nc(C2CCC(C)(C)CC2)no1. The van der Waals surface area contributed by atoms with Crippen molar-refractivity contribution in [2.24, 2.45) is 11.1 Å². The van der Waals surface area contributed by atoms with Gasteiger partial charge in [-0.05, 0) is 37.5 Å². The molecule has 1 aliphatic rings. The van der Waals surface area contributed by atoms with Crippen molar-refractivity contribution < 1.29 is 4.52 Å². The van der Waals surface area contributed by atoms with Crippen molar-refractivity contribution in [3.05, 3.63) is 11.7 Å². The Labute approximate surface area is 116 Å². The van der Waals surface area contributed by atoms with Crippen LogP contribution in [-0.2, 0) is 0 Å². The summed E-state index contributed by atoms with van der Waals surface area (Å²) in [5.74, 6) is 2.35. The summed E-state index contributed by atoms with van der Waals surface area (Å²) in [6.07, 6.45) is 6.96. The maximum atomic E-state index is 5.79. The number of nitrogens with zero attached hydrogens (tertiary/aromatic N) is 2. The van der Waals surface area contributed by atoms with Gasteiger partial charge in [0.2, 0.25) is 5.89 Å². The van der Waals surface area contributed by atoms with Gasteiger partial charge in [-0.2, -0.15) is 4.98 Å². The Kier molecular flexibility index (Phi) is 4.61. The summed E-state index contributed by atoms with van der Waals surface area (Å²) in [6, 6.07) is 0. The molecule has 0 aromatic carbocycles. The first-order valence-electron chi connectivity index (χ1n) is 7.59. The van der Waals surface area contributed by atoms with E-state index < -0.39 is 0 Å². The molecule has 1 fully saturated rings. The first-order valence-corrected chi connectivity index (χ1v) is 7.59. The molecule has 1 aromatic rings. The summed E-state index contributed by atoms with van der Waals surface area (Å²) in [5, 5.41) is 4.20. The Bertz CT molecular complexity index is 390. The van der Waals surface area contributed by atoms with E-state index in [4.69, 9.17) is 10.3 Å². The van der Waals surface area contributed by atoms with Crippen molar-refractivity contribution in [3.63, 3.8) is 0 Å². The van der Waals surface area contributed by atoms with Crippen LogP contribution in [0.25, 0.3) is 0 Å². The molecule has 1 aromatic heterocycles. The van der Waals surface area contributed by atoms with Crippen LogP contribution in [0.3, 0.4) is 0 Å². The second-order valence-corrected chi connectivity index (χ2v) is 6.65. The van der Waals surface area contributed by atoms with E-state index in [2.05, 4.69) is 30.9 Å². The second kappa shape index (κ2) is 6.04. The lowest BCUT2D eigenvalue weighted by Gasteiger charge is -2.32. The van der Waals surface area contributed by atoms with E-state index in [1.54, 1.807) is 0 Å². The van der Waals surface area contributed by atoms with Gasteiger partial charge in [0, 0.05) is 12.5 Å². The fraction of sp³-hybridized carbons (Fsp3) is 0.867. The van der Waals surface area contributed by atoms with Gasteiger partial charge in [0.1, 0.15) is 0 Å². The van der Waals surface area contributed by atoms with Gasteiger partial charge in [0.15, 0.2) is 5.82 Å². The Morgan fingerprint density at radius 3 is 2.63 bits per heavy atom. The number of nitrogens with two attached hydrogens (primary N) is 1. The third-order valence-corrected chi connectivity index (χ3v) is 4.43. The average molecular weight is 265 g/mol. The number of hydrogen-bond acceptors (Lipinski definition) is 4. The van der Waals surface area contributed by atoms with Gasteiger partial charge in [-0.25, -0.2) is 0 Å². The van der Waals surface area contributed by atoms with Crippen LogP contribution in [0.2, 0.25) is 0 Å². The van der Waals surface area contributed by atoms with Gasteiger partial charge < -0.3 is 10.3 Å². The van der Waals surface area contributed by atoms with Crippen LogP contribution in [-0.4, -0.2) is 16.7 Å². The highest BCUT2D eigenvalue weighted by Gasteiger charge is 2.30. The molecule has 1 heterocycles. The molecule has 1 atom stereocenters. The molecule has 1 aliphatic carbocycles. The zero-order chi connectivity index (χ0) is 13.9. The normalized spacial score (nSPS) is 21.5. The van der Waals surface area contributed by atoms with E-state index in [-0.39, 0.29) is 5.92 Å². The summed E-state index contributed by atoms with van der Waals surface area (Å²) in [4.78, 5) is 4.61. The van der Waals surface area contributed by atoms with Crippen molar-refractivity contribution in [1.82, 2.24) is 10.1 Å². The molecule has 4 nitrogen and oxygen atoms in total. The Hall–Kier alpha value is -0.900. The molecule has 0 spiro atoms. The van der Waals surface area contributed by atoms with E-state index in [0.29, 0.717) is 17.9 Å². The maximum absolute atomic E-state index is 5.79. The smallest absolute Gasteiger partial charge is 0.231 e. The van der Waals surface area contributed by atoms with Crippen LogP contribution >= 0.6 is 0 Å². The molecule has 2 N–H and O–H groups in total. The summed E-state index contributed by atoms with van der Waals surface area (Å²) in [7, 11) is 0. The highest BCUT2D eigenvalue weighted by atomic mass is 16.5. The molecule has 108 valence electrons. The molecular weight excluding hydrogens is 238 g/mol. The number of aromatic nitrogens is 2. The van der Waals surface area contributed by atoms with Crippen molar-refractivity contribution >= 4 is 0 Å². The van der Waals surface area contributed by atoms with Crippen molar-refractivity contribution in [3.8, 4) is 0 Å². The highest BCUT2D eigenvalue weighted by Crippen LogP contribution is 2.41. The van der Waals surface area contributed by atoms with E-state index in [9.17, 15) is 0 Å². The number of rotatable bonds is 5. The molecule has 0 aliphatic heterocycles. The summed E-state index contributed by atoms with van der Waals surface area (Å²) < 4.78 is 5.43. The van der Waals surface area contributed by atoms with E-state index >= 15 is 0 Å². The van der Waals surface area contributed by atoms with Gasteiger partial charge in [-0.3, -0.25) is 0 Å². The Morgan fingerprint density at radius 2 is 2.05 bits per heavy atom. The lowest BCUT2D eigenvalue weighted by molar-refractivity contribution is 0.218. The molecule has 0 radical (unpaired) electrons. The first kappa shape index (κ1) is 14.5. The standard InChI is InChI=1S/C15H27N3O/c1-4-5-12(10-16)14-17-13(18-19-14)11-6-8-15(2,3)9-7-11/h11-12H,4-10,16H2,1-3H3. The minimum Gasteiger partial charge on any atom is -0.339 e. The predicted molar refractivity (Wildman–Crippen MR) is 76.0 cm³/mol. The van der Waals surface area contributed by atoms with Crippen LogP contribution in [0.15, 0.2) is 4.52 Å². The number of hydrogen-bond donors (Lipinski definition) is 1. The lowest BCUT2D eigenvalue weighted by atomic mass is 9.73. The molecular formula is C15H27N3O. The predicted octanol–water partition coefficient (Wildman–Crippen LogP) is 3.60. The van der Waals surface area contributed by atoms with E-state index in [1.165, 1.54) is 25.7 Å². The Morgan fingerprint density at radius 1 is 1.37 bits per heavy atom. The molecule has 1 saturated carbocycles. The minimum atomic E-state index is 0.228. The lowest BCUT2D eigenvalue weighted by Crippen LogP contribution is -2.20. The molecule has 4 heteroatoms. The van der Waals surface area contributed by atoms with Gasteiger partial charge in [0.25, 0.3) is 0 Å². The quantitative estimate of drug-likeness (QED) is 0.883. The summed E-state index contributed by atoms with van der Waals surface area (Å²) in [5.41, 5.74) is 6.26. The molecule has 1 unspecified atom stereocenters. The fourth-order valence-corrected chi connectivity index (χ4v) is 2.93. The first-order chi connectivity index (χ1) is 9.05. The third kappa shape index (κ3) is 3.56. The monoisotopic (exact) mass is 265 g/mol. The third-order valence-electron chi connectivity index (χ3n) is 4.43. The Balaban J connectivity index is 2.01.